The Labute approximate surface area is 191 Å². The highest BCUT2D eigenvalue weighted by Crippen LogP contribution is 2.27. The second-order valence-electron chi connectivity index (χ2n) is 8.15. The van der Waals surface area contributed by atoms with Gasteiger partial charge in [0.1, 0.15) is 0 Å². The molecule has 3 aromatic rings. The number of carbonyl (C=O) groups is 2. The van der Waals surface area contributed by atoms with Gasteiger partial charge in [0.15, 0.2) is 5.82 Å². The summed E-state index contributed by atoms with van der Waals surface area (Å²) in [6, 6.07) is 12.9. The highest BCUT2D eigenvalue weighted by molar-refractivity contribution is 5.91. The number of hydrogen-bond acceptors (Lipinski definition) is 5. The quantitative estimate of drug-likeness (QED) is 0.531. The summed E-state index contributed by atoms with van der Waals surface area (Å²) < 4.78 is 1.69. The molecule has 0 unspecified atom stereocenters. The molecule has 1 fully saturated rings. The topological polar surface area (TPSA) is 125 Å². The van der Waals surface area contributed by atoms with E-state index in [0.717, 1.165) is 11.1 Å². The molecule has 1 saturated carbocycles. The Balaban J connectivity index is 1.52. The molecule has 3 amide bonds. The Morgan fingerprint density at radius 3 is 2.45 bits per heavy atom. The number of rotatable bonds is 6. The molecular weight excluding hydrogens is 422 g/mol. The maximum absolute atomic E-state index is 13.3. The molecule has 0 radical (unpaired) electrons. The first-order chi connectivity index (χ1) is 16.0. The van der Waals surface area contributed by atoms with Crippen molar-refractivity contribution < 1.29 is 14.7 Å². The summed E-state index contributed by atoms with van der Waals surface area (Å²) in [5.74, 6) is 0.461. The fourth-order valence-electron chi connectivity index (χ4n) is 4.13. The minimum absolute atomic E-state index is 0.105. The van der Waals surface area contributed by atoms with Gasteiger partial charge in [-0.2, -0.15) is 5.10 Å². The predicted molar refractivity (Wildman–Crippen MR) is 123 cm³/mol. The minimum Gasteiger partial charge on any atom is -0.465 e. The van der Waals surface area contributed by atoms with Gasteiger partial charge in [-0.1, -0.05) is 30.3 Å². The SMILES string of the molecule is Cn1cc(-c2ccc(N(C(=O)NCc3ccccc3)C3CCC(NC(=O)O)CC3)nn2)cn1. The zero-order valence-corrected chi connectivity index (χ0v) is 18.4. The van der Waals surface area contributed by atoms with Gasteiger partial charge in [0.2, 0.25) is 0 Å². The molecule has 0 bridgehead atoms. The van der Waals surface area contributed by atoms with Crippen molar-refractivity contribution in [1.29, 1.82) is 0 Å². The van der Waals surface area contributed by atoms with Gasteiger partial charge < -0.3 is 15.7 Å². The number of benzene rings is 1. The molecule has 10 nitrogen and oxygen atoms in total. The first-order valence-electron chi connectivity index (χ1n) is 10.9. The number of urea groups is 1. The van der Waals surface area contributed by atoms with Gasteiger partial charge in [-0.3, -0.25) is 9.58 Å². The number of hydrogen-bond donors (Lipinski definition) is 3. The van der Waals surface area contributed by atoms with E-state index in [2.05, 4.69) is 25.9 Å². The van der Waals surface area contributed by atoms with Crippen molar-refractivity contribution in [2.45, 2.75) is 44.3 Å². The van der Waals surface area contributed by atoms with Crippen molar-refractivity contribution in [3.8, 4) is 11.3 Å². The lowest BCUT2D eigenvalue weighted by Gasteiger charge is -2.36. The molecule has 1 aliphatic rings. The summed E-state index contributed by atoms with van der Waals surface area (Å²) in [5, 5.41) is 27.4. The summed E-state index contributed by atoms with van der Waals surface area (Å²) in [6.07, 6.45) is 5.18. The van der Waals surface area contributed by atoms with Crippen LogP contribution in [-0.4, -0.2) is 49.3 Å². The van der Waals surface area contributed by atoms with E-state index < -0.39 is 6.09 Å². The molecule has 0 spiro atoms. The second kappa shape index (κ2) is 10.1. The lowest BCUT2D eigenvalue weighted by Crippen LogP contribution is -2.50. The van der Waals surface area contributed by atoms with Crippen LogP contribution < -0.4 is 15.5 Å². The average molecular weight is 450 g/mol. The second-order valence-corrected chi connectivity index (χ2v) is 8.15. The molecule has 0 atom stereocenters. The van der Waals surface area contributed by atoms with Crippen molar-refractivity contribution >= 4 is 17.9 Å². The largest absolute Gasteiger partial charge is 0.465 e. The molecule has 4 rings (SSSR count). The van der Waals surface area contributed by atoms with E-state index in [0.29, 0.717) is 43.7 Å². The average Bonchev–Trinajstić information content (AvgIpc) is 3.26. The van der Waals surface area contributed by atoms with E-state index in [1.54, 1.807) is 21.8 Å². The van der Waals surface area contributed by atoms with Gasteiger partial charge in [0.05, 0.1) is 11.9 Å². The number of amides is 3. The molecular formula is C23H27N7O3. The van der Waals surface area contributed by atoms with E-state index in [4.69, 9.17) is 5.11 Å². The lowest BCUT2D eigenvalue weighted by atomic mass is 9.90. The molecule has 0 aliphatic heterocycles. The molecule has 0 saturated heterocycles. The van der Waals surface area contributed by atoms with Crippen LogP contribution in [0.15, 0.2) is 54.9 Å². The summed E-state index contributed by atoms with van der Waals surface area (Å²) in [6.45, 7) is 0.396. The molecule has 2 heterocycles. The van der Waals surface area contributed by atoms with E-state index in [-0.39, 0.29) is 18.1 Å². The molecule has 3 N–H and O–H groups in total. The van der Waals surface area contributed by atoms with Gasteiger partial charge >= 0.3 is 12.1 Å². The van der Waals surface area contributed by atoms with Crippen LogP contribution in [0, 0.1) is 0 Å². The fourth-order valence-corrected chi connectivity index (χ4v) is 4.13. The van der Waals surface area contributed by atoms with Crippen LogP contribution in [-0.2, 0) is 13.6 Å². The lowest BCUT2D eigenvalue weighted by molar-refractivity contribution is 0.184. The number of carbonyl (C=O) groups excluding carboxylic acids is 1. The fraction of sp³-hybridized carbons (Fsp3) is 0.348. The highest BCUT2D eigenvalue weighted by atomic mass is 16.4. The number of anilines is 1. The van der Waals surface area contributed by atoms with Crippen molar-refractivity contribution in [2.75, 3.05) is 4.90 Å². The third kappa shape index (κ3) is 5.65. The van der Waals surface area contributed by atoms with Crippen molar-refractivity contribution in [2.24, 2.45) is 7.05 Å². The van der Waals surface area contributed by atoms with Gasteiger partial charge in [0, 0.05) is 37.4 Å². The van der Waals surface area contributed by atoms with Gasteiger partial charge in [0.25, 0.3) is 0 Å². The first-order valence-corrected chi connectivity index (χ1v) is 10.9. The van der Waals surface area contributed by atoms with Gasteiger partial charge in [-0.15, -0.1) is 10.2 Å². The Bertz CT molecular complexity index is 1080. The minimum atomic E-state index is -1.02. The summed E-state index contributed by atoms with van der Waals surface area (Å²) in [7, 11) is 1.83. The van der Waals surface area contributed by atoms with Crippen LogP contribution in [0.3, 0.4) is 0 Å². The normalized spacial score (nSPS) is 17.8. The van der Waals surface area contributed by atoms with E-state index in [9.17, 15) is 9.59 Å². The van der Waals surface area contributed by atoms with Crippen LogP contribution >= 0.6 is 0 Å². The zero-order chi connectivity index (χ0) is 23.2. The summed E-state index contributed by atoms with van der Waals surface area (Å²) >= 11 is 0. The zero-order valence-electron chi connectivity index (χ0n) is 18.4. The Morgan fingerprint density at radius 1 is 1.09 bits per heavy atom. The Hall–Kier alpha value is -3.95. The molecule has 33 heavy (non-hydrogen) atoms. The van der Waals surface area contributed by atoms with Crippen LogP contribution in [0.1, 0.15) is 31.2 Å². The summed E-state index contributed by atoms with van der Waals surface area (Å²) in [4.78, 5) is 25.9. The summed E-state index contributed by atoms with van der Waals surface area (Å²) in [5.41, 5.74) is 2.51. The van der Waals surface area contributed by atoms with E-state index in [1.165, 1.54) is 0 Å². The smallest absolute Gasteiger partial charge is 0.404 e. The van der Waals surface area contributed by atoms with Crippen molar-refractivity contribution in [1.82, 2.24) is 30.6 Å². The van der Waals surface area contributed by atoms with Crippen LogP contribution in [0.4, 0.5) is 15.4 Å². The number of nitrogens with one attached hydrogen (secondary N) is 2. The molecule has 10 heteroatoms. The van der Waals surface area contributed by atoms with E-state index >= 15 is 0 Å². The van der Waals surface area contributed by atoms with Crippen molar-refractivity contribution in [3.63, 3.8) is 0 Å². The number of nitrogens with zero attached hydrogens (tertiary/aromatic N) is 5. The van der Waals surface area contributed by atoms with Crippen LogP contribution in [0.2, 0.25) is 0 Å². The number of carboxylic acid groups (broad SMARTS) is 1. The third-order valence-corrected chi connectivity index (χ3v) is 5.79. The van der Waals surface area contributed by atoms with Gasteiger partial charge in [-0.25, -0.2) is 9.59 Å². The van der Waals surface area contributed by atoms with E-state index in [1.807, 2.05) is 49.6 Å². The third-order valence-electron chi connectivity index (χ3n) is 5.79. The maximum atomic E-state index is 13.3. The molecule has 2 aromatic heterocycles. The Morgan fingerprint density at radius 2 is 1.85 bits per heavy atom. The maximum Gasteiger partial charge on any atom is 0.404 e. The van der Waals surface area contributed by atoms with Gasteiger partial charge in [-0.05, 0) is 43.4 Å². The monoisotopic (exact) mass is 449 g/mol. The molecule has 172 valence electrons. The number of aryl methyl sites for hydroxylation is 1. The molecule has 1 aromatic carbocycles. The Kier molecular flexibility index (Phi) is 6.82. The first kappa shape index (κ1) is 22.3. The van der Waals surface area contributed by atoms with Crippen LogP contribution in [0.25, 0.3) is 11.3 Å². The predicted octanol–water partition coefficient (Wildman–Crippen LogP) is 3.17. The highest BCUT2D eigenvalue weighted by Gasteiger charge is 2.31. The number of aromatic nitrogens is 4. The van der Waals surface area contributed by atoms with Crippen LogP contribution in [0.5, 0.6) is 0 Å². The van der Waals surface area contributed by atoms with Crippen molar-refractivity contribution in [3.05, 3.63) is 60.4 Å². The standard InChI is InChI=1S/C23H27N7O3/c1-29-15-17(14-25-29)20-11-12-21(28-27-20)30(19-9-7-18(8-10-19)26-23(32)33)22(31)24-13-16-5-3-2-4-6-16/h2-6,11-12,14-15,18-19,26H,7-10,13H2,1H3,(H,24,31)(H,32,33). The molecule has 1 aliphatic carbocycles.